The van der Waals surface area contributed by atoms with Crippen LogP contribution in [0, 0.1) is 41.5 Å². The summed E-state index contributed by atoms with van der Waals surface area (Å²) in [5.74, 6) is 3.77. The minimum Gasteiger partial charge on any atom is -0.496 e. The third-order valence-electron chi connectivity index (χ3n) is 9.23. The second-order valence-electron chi connectivity index (χ2n) is 13.4. The van der Waals surface area contributed by atoms with Gasteiger partial charge in [0.15, 0.2) is 0 Å². The molecule has 8 aromatic rings. The molecule has 0 amide bonds. The van der Waals surface area contributed by atoms with Gasteiger partial charge in [-0.1, -0.05) is 94.0 Å². The van der Waals surface area contributed by atoms with Gasteiger partial charge in [-0.3, -0.25) is 0 Å². The summed E-state index contributed by atoms with van der Waals surface area (Å²) in [5, 5.41) is 5.14. The summed E-state index contributed by atoms with van der Waals surface area (Å²) in [6.07, 6.45) is 0. The van der Waals surface area contributed by atoms with Crippen molar-refractivity contribution in [2.75, 3.05) is 0 Å². The van der Waals surface area contributed by atoms with Crippen LogP contribution >= 0.6 is 0 Å². The van der Waals surface area contributed by atoms with Crippen LogP contribution in [0.3, 0.4) is 0 Å². The van der Waals surface area contributed by atoms with Crippen molar-refractivity contribution < 1.29 is 32.2 Å². The maximum absolute atomic E-state index is 5.81. The fourth-order valence-corrected chi connectivity index (χ4v) is 6.62. The molecular weight excluding hydrogens is 704 g/mol. The summed E-state index contributed by atoms with van der Waals surface area (Å²) in [4.78, 5) is 0. The van der Waals surface area contributed by atoms with Crippen LogP contribution in [0.25, 0.3) is 66.4 Å². The summed E-state index contributed by atoms with van der Waals surface area (Å²) >= 11 is 1.74. The van der Waals surface area contributed by atoms with Crippen LogP contribution < -0.4 is 0 Å². The molecule has 0 spiro atoms. The van der Waals surface area contributed by atoms with Gasteiger partial charge in [0.25, 0.3) is 0 Å². The normalized spacial score (nSPS) is 10.9. The van der Waals surface area contributed by atoms with Crippen molar-refractivity contribution in [3.05, 3.63) is 155 Å². The fraction of sp³-hybridized carbons (Fsp3) is 0.174. The molecular formula is C46H44O2SiZr. The molecule has 0 radical (unpaired) electrons. The monoisotopic (exact) mass is 746 g/mol. The van der Waals surface area contributed by atoms with Gasteiger partial charge in [0.05, 0.1) is 23.0 Å². The van der Waals surface area contributed by atoms with Crippen LogP contribution in [0.15, 0.2) is 130 Å². The van der Waals surface area contributed by atoms with Gasteiger partial charge in [-0.25, -0.2) is 0 Å². The maximum atomic E-state index is 5.81. The molecule has 0 N–H and O–H groups in total. The molecule has 2 aromatic heterocycles. The summed E-state index contributed by atoms with van der Waals surface area (Å²) < 4.78 is 11.6. The van der Waals surface area contributed by atoms with Crippen molar-refractivity contribution in [3.63, 3.8) is 0 Å². The molecule has 0 aliphatic heterocycles. The summed E-state index contributed by atoms with van der Waals surface area (Å²) in [6, 6.07) is 42.9. The first-order chi connectivity index (χ1) is 24.0. The van der Waals surface area contributed by atoms with Gasteiger partial charge in [-0.15, -0.1) is 57.9 Å². The van der Waals surface area contributed by atoms with Crippen molar-refractivity contribution in [1.29, 1.82) is 0 Å². The zero-order chi connectivity index (χ0) is 35.5. The molecule has 0 bridgehead atoms. The van der Waals surface area contributed by atoms with Crippen LogP contribution in [0.4, 0.5) is 0 Å². The zero-order valence-electron chi connectivity index (χ0n) is 30.4. The molecule has 0 saturated carbocycles. The number of hydrogen-bond acceptors (Lipinski definition) is 2. The van der Waals surface area contributed by atoms with Gasteiger partial charge in [0.1, 0.15) is 0 Å². The molecule has 0 fully saturated rings. The Morgan fingerprint density at radius 2 is 0.860 bits per heavy atom. The predicted molar refractivity (Wildman–Crippen MR) is 211 cm³/mol. The van der Waals surface area contributed by atoms with Crippen molar-refractivity contribution in [3.8, 4) is 44.9 Å². The molecule has 6 aromatic carbocycles. The molecule has 0 aliphatic rings. The largest absolute Gasteiger partial charge is 0.496 e. The average molecular weight is 748 g/mol. The molecule has 2 nitrogen and oxygen atoms in total. The Kier molecular flexibility index (Phi) is 10.9. The third kappa shape index (κ3) is 7.73. The van der Waals surface area contributed by atoms with Crippen LogP contribution in [-0.4, -0.2) is 5.43 Å². The second-order valence-corrected chi connectivity index (χ2v) is 22.8. The molecule has 4 heteroatoms. The standard InChI is InChI=1S/2C22H19O.C2H6Si.Zr/c2*1-14-11-18-12-19(21-10-9-15(2)23-21)13-20(18)22(16(14)3)17-7-5-4-6-8-17;1-3-2;/h2*4-13H,1-3H3;1-2H3;/q2*-1;;+2. The number of furan rings is 2. The first kappa shape index (κ1) is 35.6. The predicted octanol–water partition coefficient (Wildman–Crippen LogP) is 13.6. The Balaban J connectivity index is 0.000000156. The van der Waals surface area contributed by atoms with Crippen molar-refractivity contribution in [2.45, 2.75) is 54.6 Å². The van der Waals surface area contributed by atoms with E-state index in [-0.39, 0.29) is 5.43 Å². The molecule has 248 valence electrons. The van der Waals surface area contributed by atoms with Crippen molar-refractivity contribution >= 4 is 27.0 Å². The van der Waals surface area contributed by atoms with E-state index in [4.69, 9.17) is 8.83 Å². The van der Waals surface area contributed by atoms with Gasteiger partial charge >= 0.3 is 41.9 Å². The van der Waals surface area contributed by atoms with E-state index >= 15 is 0 Å². The fourth-order valence-electron chi connectivity index (χ4n) is 6.62. The summed E-state index contributed by atoms with van der Waals surface area (Å²) in [5.41, 5.74) is 13.0. The van der Waals surface area contributed by atoms with Crippen LogP contribution in [-0.2, 0) is 23.3 Å². The molecule has 0 aliphatic carbocycles. The van der Waals surface area contributed by atoms with E-state index in [1.54, 1.807) is 23.3 Å². The van der Waals surface area contributed by atoms with E-state index in [0.29, 0.717) is 0 Å². The van der Waals surface area contributed by atoms with Crippen LogP contribution in [0.5, 0.6) is 0 Å². The van der Waals surface area contributed by atoms with Gasteiger partial charge in [-0.2, -0.15) is 0 Å². The van der Waals surface area contributed by atoms with Crippen molar-refractivity contribution in [1.82, 2.24) is 0 Å². The Morgan fingerprint density at radius 1 is 0.500 bits per heavy atom. The van der Waals surface area contributed by atoms with E-state index in [0.717, 1.165) is 34.2 Å². The number of rotatable bonds is 4. The number of aryl methyl sites for hydroxylation is 4. The topological polar surface area (TPSA) is 26.3 Å². The molecule has 50 heavy (non-hydrogen) atoms. The maximum Gasteiger partial charge on any atom is 0.0896 e. The number of fused-ring (bicyclic) bond motifs is 2. The van der Waals surface area contributed by atoms with E-state index in [1.165, 1.54) is 66.1 Å². The van der Waals surface area contributed by atoms with Gasteiger partial charge in [-0.05, 0) is 88.1 Å². The molecule has 2 heterocycles. The summed E-state index contributed by atoms with van der Waals surface area (Å²) in [7, 11) is 0. The van der Waals surface area contributed by atoms with Crippen LogP contribution in [0.1, 0.15) is 33.8 Å². The second kappa shape index (κ2) is 15.3. The zero-order valence-corrected chi connectivity index (χ0v) is 33.8. The Bertz CT molecular complexity index is 2250. The van der Waals surface area contributed by atoms with E-state index < -0.39 is 0 Å². The minimum atomic E-state index is 0.210. The number of benzene rings is 4. The van der Waals surface area contributed by atoms with Crippen LogP contribution in [0.2, 0.25) is 13.1 Å². The third-order valence-corrected chi connectivity index (χ3v) is 9.23. The molecule has 0 atom stereocenters. The quantitative estimate of drug-likeness (QED) is 0.132. The SMILES string of the molecule is C[Si](C)=[Zr+2].Cc1ccc(-c2cc3c(-c4ccccc4)c(C)c(C)cc3[cH-]2)o1.Cc1ccc(-c2cc3c(-c4ccccc4)c(C)c(C)cc3[cH-]2)o1. The number of hydrogen-bond donors (Lipinski definition) is 0. The Morgan fingerprint density at radius 3 is 1.18 bits per heavy atom. The molecule has 8 rings (SSSR count). The van der Waals surface area contributed by atoms with E-state index in [1.807, 2.05) is 38.1 Å². The minimum absolute atomic E-state index is 0.210. The van der Waals surface area contributed by atoms with E-state index in [2.05, 4.69) is 138 Å². The molecule has 0 saturated heterocycles. The van der Waals surface area contributed by atoms with E-state index in [9.17, 15) is 0 Å². The smallest absolute Gasteiger partial charge is 0.0896 e. The first-order valence-corrected chi connectivity index (χ1v) is 23.4. The van der Waals surface area contributed by atoms with Gasteiger partial charge in [0, 0.05) is 0 Å². The summed E-state index contributed by atoms with van der Waals surface area (Å²) in [6.45, 7) is 17.4. The Hall–Kier alpha value is -4.24. The van der Waals surface area contributed by atoms with Crippen molar-refractivity contribution in [2.24, 2.45) is 0 Å². The average Bonchev–Trinajstić information content (AvgIpc) is 3.90. The Labute approximate surface area is 311 Å². The first-order valence-electron chi connectivity index (χ1n) is 17.2. The molecule has 0 unspecified atom stereocenters. The van der Waals surface area contributed by atoms with Gasteiger partial charge < -0.3 is 8.83 Å². The van der Waals surface area contributed by atoms with Gasteiger partial charge in [0.2, 0.25) is 0 Å².